The van der Waals surface area contributed by atoms with Gasteiger partial charge in [-0.15, -0.1) is 0 Å². The number of phenolic OH excluding ortho intramolecular Hbond substituents is 8. The third kappa shape index (κ3) is 12.1. The van der Waals surface area contributed by atoms with Crippen LogP contribution in [0.25, 0.3) is 130 Å². The van der Waals surface area contributed by atoms with E-state index >= 15 is 0 Å². The molecule has 500 valence electrons. The van der Waals surface area contributed by atoms with Crippen molar-refractivity contribution < 1.29 is 40.9 Å². The molecule has 19 aromatic rings. The molecule has 8 nitrogen and oxygen atoms in total. The standard InChI is InChI=1S/C24H12O.C21H16O2.C20H14O2.C18H20O2.C12H10O/c25-18-11-16-8-7-14-4-2-12-1-3-13-5-6-15-9-10-17(18)24-22(15)20(13)19(12)21(14)23(16)24;22-20-11-9-14-5-1-3-7-16(14)18(20)13-19-17-8-4-2-6-15(17)10-12-21(19)23;21-17-11-9-13-5-1-3-7-15(13)19(17)20-16-8-4-2-6-14(16)10-12-18(20)22;19-16-8-4-14(5-9-16)18(12-2-1-3-13-18)15-6-10-17(20)11-7-15;13-12-8-6-11(7-9-12)10-4-2-1-3-5-10/h1-11,25H;1-12,22-23H,13H2;1-12,21-22H;4-11,19-20H,1-3,12-13H2;1-9,13H. The predicted molar refractivity (Wildman–Crippen MR) is 425 cm³/mol. The molecular formula is C95H72O8. The Morgan fingerprint density at radius 3 is 0.981 bits per heavy atom. The number of fused-ring (bicyclic) bond motifs is 4. The van der Waals surface area contributed by atoms with Gasteiger partial charge in [-0.1, -0.05) is 268 Å². The minimum atomic E-state index is 0.0274. The smallest absolute Gasteiger partial charge is 0.124 e. The quantitative estimate of drug-likeness (QED) is 0.0603. The molecule has 19 aromatic carbocycles. The molecule has 0 saturated heterocycles. The highest BCUT2D eigenvalue weighted by atomic mass is 16.3. The summed E-state index contributed by atoms with van der Waals surface area (Å²) in [6.45, 7) is 0. The van der Waals surface area contributed by atoms with Crippen molar-refractivity contribution >= 4 is 108 Å². The zero-order valence-electron chi connectivity index (χ0n) is 56.3. The normalized spacial score (nSPS) is 12.7. The van der Waals surface area contributed by atoms with Gasteiger partial charge < -0.3 is 40.9 Å². The summed E-state index contributed by atoms with van der Waals surface area (Å²) in [4.78, 5) is 0. The van der Waals surface area contributed by atoms with Crippen LogP contribution in [0.4, 0.5) is 0 Å². The topological polar surface area (TPSA) is 162 Å². The summed E-state index contributed by atoms with van der Waals surface area (Å²) in [6.07, 6.45) is 6.48. The minimum absolute atomic E-state index is 0.0274. The largest absolute Gasteiger partial charge is 0.508 e. The Balaban J connectivity index is 0.000000101. The first kappa shape index (κ1) is 64.6. The maximum atomic E-state index is 10.6. The summed E-state index contributed by atoms with van der Waals surface area (Å²) in [5, 5.41) is 103. The number of rotatable bonds is 6. The molecule has 8 heteroatoms. The highest BCUT2D eigenvalue weighted by molar-refractivity contribution is 6.45. The molecule has 0 aliphatic heterocycles. The second kappa shape index (κ2) is 27.2. The Morgan fingerprint density at radius 2 is 0.544 bits per heavy atom. The van der Waals surface area contributed by atoms with Crippen LogP contribution in [0, 0.1) is 0 Å². The lowest BCUT2D eigenvalue weighted by molar-refractivity contribution is 0.345. The first-order valence-corrected chi connectivity index (χ1v) is 34.9. The van der Waals surface area contributed by atoms with Gasteiger partial charge in [-0.05, 0) is 199 Å². The van der Waals surface area contributed by atoms with Gasteiger partial charge in [0.05, 0.1) is 0 Å². The van der Waals surface area contributed by atoms with E-state index in [-0.39, 0.29) is 28.4 Å². The van der Waals surface area contributed by atoms with Gasteiger partial charge in [-0.25, -0.2) is 0 Å². The van der Waals surface area contributed by atoms with E-state index in [2.05, 4.69) is 60.7 Å². The number of hydrogen-bond donors (Lipinski definition) is 8. The highest BCUT2D eigenvalue weighted by Gasteiger charge is 2.36. The van der Waals surface area contributed by atoms with E-state index in [0.717, 1.165) is 83.4 Å². The van der Waals surface area contributed by atoms with Crippen molar-refractivity contribution in [2.75, 3.05) is 0 Å². The average molecular weight is 1340 g/mol. The molecule has 8 N–H and O–H groups in total. The van der Waals surface area contributed by atoms with Gasteiger partial charge in [-0.2, -0.15) is 0 Å². The Morgan fingerprint density at radius 1 is 0.223 bits per heavy atom. The second-order valence-corrected chi connectivity index (χ2v) is 26.9. The Hall–Kier alpha value is -13.0. The van der Waals surface area contributed by atoms with Gasteiger partial charge in [0.1, 0.15) is 46.0 Å². The first-order chi connectivity index (χ1) is 50.4. The van der Waals surface area contributed by atoms with Crippen molar-refractivity contribution in [2.45, 2.75) is 43.9 Å². The fraction of sp³-hybridized carbons (Fsp3) is 0.0737. The summed E-state index contributed by atoms with van der Waals surface area (Å²) in [5.74, 6) is 2.16. The number of hydrogen-bond acceptors (Lipinski definition) is 8. The van der Waals surface area contributed by atoms with E-state index in [0.29, 0.717) is 40.5 Å². The van der Waals surface area contributed by atoms with Crippen molar-refractivity contribution in [2.24, 2.45) is 0 Å². The Kier molecular flexibility index (Phi) is 17.1. The van der Waals surface area contributed by atoms with E-state index in [1.54, 1.807) is 60.7 Å². The van der Waals surface area contributed by atoms with Crippen molar-refractivity contribution in [3.63, 3.8) is 0 Å². The summed E-state index contributed by atoms with van der Waals surface area (Å²) in [7, 11) is 0. The maximum Gasteiger partial charge on any atom is 0.124 e. The number of aromatic hydroxyl groups is 8. The third-order valence-electron chi connectivity index (χ3n) is 21.0. The third-order valence-corrected chi connectivity index (χ3v) is 21.0. The van der Waals surface area contributed by atoms with Gasteiger partial charge >= 0.3 is 0 Å². The van der Waals surface area contributed by atoms with Gasteiger partial charge in [0, 0.05) is 44.9 Å². The highest BCUT2D eigenvalue weighted by Crippen LogP contribution is 2.51. The van der Waals surface area contributed by atoms with E-state index in [4.69, 9.17) is 5.11 Å². The van der Waals surface area contributed by atoms with Gasteiger partial charge in [0.15, 0.2) is 0 Å². The fourth-order valence-electron chi connectivity index (χ4n) is 16.0. The number of phenols is 8. The van der Waals surface area contributed by atoms with Crippen LogP contribution in [0.5, 0.6) is 46.0 Å². The lowest BCUT2D eigenvalue weighted by Gasteiger charge is -2.38. The second-order valence-electron chi connectivity index (χ2n) is 26.9. The molecule has 0 spiro atoms. The van der Waals surface area contributed by atoms with Gasteiger partial charge in [0.25, 0.3) is 0 Å². The Labute approximate surface area is 595 Å². The monoisotopic (exact) mass is 1340 g/mol. The molecule has 20 rings (SSSR count). The molecule has 1 fully saturated rings. The van der Waals surface area contributed by atoms with E-state index in [9.17, 15) is 35.7 Å². The van der Waals surface area contributed by atoms with E-state index in [1.807, 2.05) is 194 Å². The minimum Gasteiger partial charge on any atom is -0.508 e. The number of benzene rings is 19. The van der Waals surface area contributed by atoms with Crippen LogP contribution in [-0.4, -0.2) is 40.9 Å². The summed E-state index contributed by atoms with van der Waals surface area (Å²) in [6, 6.07) is 102. The lowest BCUT2D eigenvalue weighted by Crippen LogP contribution is -2.30. The maximum absolute atomic E-state index is 10.6. The van der Waals surface area contributed by atoms with Crippen LogP contribution in [0.2, 0.25) is 0 Å². The summed E-state index contributed by atoms with van der Waals surface area (Å²) >= 11 is 0. The molecule has 1 aliphatic rings. The van der Waals surface area contributed by atoms with Gasteiger partial charge in [0.2, 0.25) is 0 Å². The van der Waals surface area contributed by atoms with Crippen molar-refractivity contribution in [1.29, 1.82) is 0 Å². The molecule has 0 aromatic heterocycles. The molecule has 0 unspecified atom stereocenters. The van der Waals surface area contributed by atoms with Crippen LogP contribution < -0.4 is 0 Å². The molecule has 0 amide bonds. The zero-order chi connectivity index (χ0) is 70.3. The van der Waals surface area contributed by atoms with E-state index < -0.39 is 0 Å². The Bertz CT molecular complexity index is 5990. The molecule has 1 aliphatic carbocycles. The summed E-state index contributed by atoms with van der Waals surface area (Å²) in [5.41, 5.74) is 7.88. The fourth-order valence-corrected chi connectivity index (χ4v) is 16.0. The lowest BCUT2D eigenvalue weighted by atomic mass is 9.65. The predicted octanol–water partition coefficient (Wildman–Crippen LogP) is 24.1. The molecular weight excluding hydrogens is 1270 g/mol. The van der Waals surface area contributed by atoms with E-state index in [1.165, 1.54) is 89.8 Å². The molecule has 0 heterocycles. The van der Waals surface area contributed by atoms with Crippen molar-refractivity contribution in [3.8, 4) is 68.2 Å². The molecule has 103 heavy (non-hydrogen) atoms. The van der Waals surface area contributed by atoms with Crippen LogP contribution in [0.1, 0.15) is 54.4 Å². The van der Waals surface area contributed by atoms with Crippen molar-refractivity contribution in [1.82, 2.24) is 0 Å². The molecule has 0 radical (unpaired) electrons. The molecule has 0 bridgehead atoms. The van der Waals surface area contributed by atoms with Crippen molar-refractivity contribution in [3.05, 3.63) is 338 Å². The van der Waals surface area contributed by atoms with Crippen LogP contribution in [-0.2, 0) is 11.8 Å². The van der Waals surface area contributed by atoms with Crippen LogP contribution >= 0.6 is 0 Å². The average Bonchev–Trinajstić information content (AvgIpc) is 0.687. The SMILES string of the molecule is Oc1cc2ccc3ccc4ccc5ccc6ccc1c1c6c5c4c3c21.Oc1ccc(-c2ccccc2)cc1.Oc1ccc(C2(c3ccc(O)cc3)CCCCC2)cc1.Oc1ccc2ccccc2c1-c1c(O)ccc2ccccc12.Oc1ccc2ccccc2c1Cc1c(O)ccc2ccccc12. The molecule has 0 atom stereocenters. The van der Waals surface area contributed by atoms with Crippen LogP contribution in [0.3, 0.4) is 0 Å². The first-order valence-electron chi connectivity index (χ1n) is 34.9. The van der Waals surface area contributed by atoms with Crippen LogP contribution in [0.15, 0.2) is 315 Å². The summed E-state index contributed by atoms with van der Waals surface area (Å²) < 4.78 is 0. The molecule has 1 saturated carbocycles. The van der Waals surface area contributed by atoms with Gasteiger partial charge in [-0.3, -0.25) is 0 Å². The zero-order valence-corrected chi connectivity index (χ0v) is 56.3.